The minimum absolute atomic E-state index is 0.0765. The molecule has 1 saturated heterocycles. The number of carbonyl (C=O) groups is 1. The normalized spacial score (nSPS) is 17.9. The van der Waals surface area contributed by atoms with Crippen molar-refractivity contribution in [3.8, 4) is 0 Å². The van der Waals surface area contributed by atoms with Gasteiger partial charge in [0, 0.05) is 31.0 Å². The highest BCUT2D eigenvalue weighted by Gasteiger charge is 2.25. The number of hydrogen-bond acceptors (Lipinski definition) is 5. The van der Waals surface area contributed by atoms with Gasteiger partial charge in [-0.1, -0.05) is 11.2 Å². The molecule has 3 rings (SSSR count). The van der Waals surface area contributed by atoms with Gasteiger partial charge in [-0.2, -0.15) is 0 Å². The average molecular weight is 329 g/mol. The van der Waals surface area contributed by atoms with Crippen LogP contribution in [-0.4, -0.2) is 40.1 Å². The second kappa shape index (κ2) is 7.57. The first kappa shape index (κ1) is 16.6. The van der Waals surface area contributed by atoms with Crippen LogP contribution in [-0.2, 0) is 22.6 Å². The Morgan fingerprint density at radius 1 is 1.46 bits per heavy atom. The molecule has 6 nitrogen and oxygen atoms in total. The number of piperidine rings is 1. The molecule has 1 atom stereocenters. The van der Waals surface area contributed by atoms with Gasteiger partial charge >= 0.3 is 0 Å². The maximum absolute atomic E-state index is 12.6. The van der Waals surface area contributed by atoms with Crippen molar-refractivity contribution in [3.63, 3.8) is 0 Å². The second-order valence-electron chi connectivity index (χ2n) is 6.26. The van der Waals surface area contributed by atoms with Gasteiger partial charge in [0.05, 0.1) is 24.8 Å². The summed E-state index contributed by atoms with van der Waals surface area (Å²) in [5.41, 5.74) is 2.75. The molecule has 0 aliphatic carbocycles. The summed E-state index contributed by atoms with van der Waals surface area (Å²) in [5.74, 6) is 0.835. The number of ether oxygens (including phenoxy) is 1. The van der Waals surface area contributed by atoms with Crippen LogP contribution in [0.3, 0.4) is 0 Å². The van der Waals surface area contributed by atoms with E-state index in [1.807, 2.05) is 37.1 Å². The van der Waals surface area contributed by atoms with Crippen LogP contribution >= 0.6 is 0 Å². The Balaban J connectivity index is 1.54. The molecule has 1 fully saturated rings. The van der Waals surface area contributed by atoms with Gasteiger partial charge in [0.25, 0.3) is 0 Å². The Kier molecular flexibility index (Phi) is 5.25. The lowest BCUT2D eigenvalue weighted by Crippen LogP contribution is -2.43. The largest absolute Gasteiger partial charge is 0.372 e. The van der Waals surface area contributed by atoms with Gasteiger partial charge in [-0.3, -0.25) is 9.78 Å². The minimum Gasteiger partial charge on any atom is -0.372 e. The van der Waals surface area contributed by atoms with Crippen molar-refractivity contribution in [2.75, 3.05) is 13.1 Å². The number of nitrogens with zero attached hydrogens (tertiary/aromatic N) is 3. The van der Waals surface area contributed by atoms with Gasteiger partial charge in [0.2, 0.25) is 5.91 Å². The monoisotopic (exact) mass is 329 g/mol. The van der Waals surface area contributed by atoms with Gasteiger partial charge in [-0.05, 0) is 38.3 Å². The summed E-state index contributed by atoms with van der Waals surface area (Å²) in [6.07, 6.45) is 5.92. The number of pyridine rings is 1. The number of hydrogen-bond donors (Lipinski definition) is 0. The van der Waals surface area contributed by atoms with E-state index in [0.717, 1.165) is 42.0 Å². The third-order valence-electron chi connectivity index (χ3n) is 4.45. The zero-order valence-corrected chi connectivity index (χ0v) is 14.2. The molecule has 2 aromatic heterocycles. The van der Waals surface area contributed by atoms with E-state index in [4.69, 9.17) is 9.26 Å². The van der Waals surface area contributed by atoms with Crippen molar-refractivity contribution >= 4 is 5.91 Å². The topological polar surface area (TPSA) is 68.5 Å². The Morgan fingerprint density at radius 2 is 2.33 bits per heavy atom. The maximum Gasteiger partial charge on any atom is 0.227 e. The molecular weight excluding hydrogens is 306 g/mol. The molecule has 3 heterocycles. The molecular formula is C18H23N3O3. The Bertz CT molecular complexity index is 665. The van der Waals surface area contributed by atoms with Crippen LogP contribution in [0.1, 0.15) is 35.4 Å². The molecule has 6 heteroatoms. The first-order chi connectivity index (χ1) is 11.6. The molecule has 0 bridgehead atoms. The summed E-state index contributed by atoms with van der Waals surface area (Å²) in [6, 6.07) is 3.90. The lowest BCUT2D eigenvalue weighted by Gasteiger charge is -2.32. The summed E-state index contributed by atoms with van der Waals surface area (Å²) in [6.45, 7) is 5.68. The average Bonchev–Trinajstić information content (AvgIpc) is 2.93. The summed E-state index contributed by atoms with van der Waals surface area (Å²) in [4.78, 5) is 18.6. The van der Waals surface area contributed by atoms with Crippen molar-refractivity contribution in [2.24, 2.45) is 0 Å². The first-order valence-corrected chi connectivity index (χ1v) is 8.33. The van der Waals surface area contributed by atoms with Crippen molar-refractivity contribution in [1.82, 2.24) is 15.0 Å². The number of aromatic nitrogens is 2. The van der Waals surface area contributed by atoms with Crippen molar-refractivity contribution in [2.45, 2.75) is 45.8 Å². The first-order valence-electron chi connectivity index (χ1n) is 8.33. The Labute approximate surface area is 141 Å². The van der Waals surface area contributed by atoms with E-state index < -0.39 is 0 Å². The van der Waals surface area contributed by atoms with Crippen LogP contribution in [0, 0.1) is 13.8 Å². The molecule has 0 spiro atoms. The molecule has 1 amide bonds. The van der Waals surface area contributed by atoms with Crippen molar-refractivity contribution in [1.29, 1.82) is 0 Å². The molecule has 1 aliphatic heterocycles. The van der Waals surface area contributed by atoms with E-state index in [1.165, 1.54) is 0 Å². The van der Waals surface area contributed by atoms with Gasteiger partial charge in [0.1, 0.15) is 5.76 Å². The highest BCUT2D eigenvalue weighted by molar-refractivity contribution is 5.79. The van der Waals surface area contributed by atoms with Gasteiger partial charge in [0.15, 0.2) is 0 Å². The van der Waals surface area contributed by atoms with Gasteiger partial charge in [-0.15, -0.1) is 0 Å². The fourth-order valence-electron chi connectivity index (χ4n) is 3.02. The second-order valence-corrected chi connectivity index (χ2v) is 6.26. The minimum atomic E-state index is 0.0765. The van der Waals surface area contributed by atoms with E-state index >= 15 is 0 Å². The standard InChI is InChI=1S/C18H23N3O3/c1-13-17(14(2)24-20-13)9-18(22)21-8-4-6-16(11-21)23-12-15-5-3-7-19-10-15/h3,5,7,10,16H,4,6,8-9,11-12H2,1-2H3. The van der Waals surface area contributed by atoms with Crippen molar-refractivity contribution < 1.29 is 14.1 Å². The van der Waals surface area contributed by atoms with Crippen LogP contribution in [0.2, 0.25) is 0 Å². The number of rotatable bonds is 5. The quantitative estimate of drug-likeness (QED) is 0.843. The summed E-state index contributed by atoms with van der Waals surface area (Å²) < 4.78 is 11.1. The zero-order chi connectivity index (χ0) is 16.9. The highest BCUT2D eigenvalue weighted by Crippen LogP contribution is 2.18. The van der Waals surface area contributed by atoms with Crippen LogP contribution in [0.4, 0.5) is 0 Å². The van der Waals surface area contributed by atoms with Crippen molar-refractivity contribution in [3.05, 3.63) is 47.1 Å². The zero-order valence-electron chi connectivity index (χ0n) is 14.2. The Morgan fingerprint density at radius 3 is 3.04 bits per heavy atom. The van der Waals surface area contributed by atoms with Crippen LogP contribution in [0.15, 0.2) is 29.0 Å². The van der Waals surface area contributed by atoms with Gasteiger partial charge in [-0.25, -0.2) is 0 Å². The maximum atomic E-state index is 12.6. The molecule has 0 radical (unpaired) electrons. The predicted octanol–water partition coefficient (Wildman–Crippen LogP) is 2.44. The van der Waals surface area contributed by atoms with Crippen LogP contribution in [0.5, 0.6) is 0 Å². The number of carbonyl (C=O) groups excluding carboxylic acids is 1. The molecule has 0 aromatic carbocycles. The molecule has 0 N–H and O–H groups in total. The lowest BCUT2D eigenvalue weighted by atomic mass is 10.1. The number of likely N-dealkylation sites (tertiary alicyclic amines) is 1. The molecule has 1 aliphatic rings. The SMILES string of the molecule is Cc1noc(C)c1CC(=O)N1CCCC(OCc2cccnc2)C1. The predicted molar refractivity (Wildman–Crippen MR) is 88.3 cm³/mol. The van der Waals surface area contributed by atoms with E-state index in [2.05, 4.69) is 10.1 Å². The molecule has 2 aromatic rings. The smallest absolute Gasteiger partial charge is 0.227 e. The third-order valence-corrected chi connectivity index (χ3v) is 4.45. The fourth-order valence-corrected chi connectivity index (χ4v) is 3.02. The van der Waals surface area contributed by atoms with E-state index in [-0.39, 0.29) is 12.0 Å². The summed E-state index contributed by atoms with van der Waals surface area (Å²) >= 11 is 0. The Hall–Kier alpha value is -2.21. The summed E-state index contributed by atoms with van der Waals surface area (Å²) in [7, 11) is 0. The lowest BCUT2D eigenvalue weighted by molar-refractivity contribution is -0.134. The van der Waals surface area contributed by atoms with E-state index in [1.54, 1.807) is 6.20 Å². The molecule has 24 heavy (non-hydrogen) atoms. The highest BCUT2D eigenvalue weighted by atomic mass is 16.5. The molecule has 0 saturated carbocycles. The fraction of sp³-hybridized carbons (Fsp3) is 0.500. The number of amides is 1. The van der Waals surface area contributed by atoms with Crippen LogP contribution in [0.25, 0.3) is 0 Å². The third kappa shape index (κ3) is 4.00. The molecule has 1 unspecified atom stereocenters. The summed E-state index contributed by atoms with van der Waals surface area (Å²) in [5, 5.41) is 3.92. The van der Waals surface area contributed by atoms with E-state index in [0.29, 0.717) is 19.6 Å². The van der Waals surface area contributed by atoms with Gasteiger partial charge < -0.3 is 14.2 Å². The van der Waals surface area contributed by atoms with Crippen LogP contribution < -0.4 is 0 Å². The van der Waals surface area contributed by atoms with E-state index in [9.17, 15) is 4.79 Å². The number of aryl methyl sites for hydroxylation is 2. The molecule has 128 valence electrons.